The topological polar surface area (TPSA) is 63.2 Å². The van der Waals surface area contributed by atoms with Gasteiger partial charge in [-0.3, -0.25) is 4.79 Å². The SMILES string of the molecule is COCOc1cc(C)c(OCOC)c([C@H]2CCC[C@H]2C(=O)OC)c1. The lowest BCUT2D eigenvalue weighted by Gasteiger charge is -2.23. The molecule has 0 saturated heterocycles. The van der Waals surface area contributed by atoms with Crippen molar-refractivity contribution < 1.29 is 28.5 Å². The summed E-state index contributed by atoms with van der Waals surface area (Å²) >= 11 is 0. The molecule has 1 aromatic carbocycles. The van der Waals surface area contributed by atoms with E-state index < -0.39 is 0 Å². The highest BCUT2D eigenvalue weighted by molar-refractivity contribution is 5.74. The van der Waals surface area contributed by atoms with Crippen LogP contribution in [0.1, 0.15) is 36.3 Å². The molecular formula is C18H26O6. The minimum absolute atomic E-state index is 0.0501. The third-order valence-electron chi connectivity index (χ3n) is 4.36. The molecule has 6 heteroatoms. The van der Waals surface area contributed by atoms with Crippen LogP contribution < -0.4 is 9.47 Å². The molecule has 0 amide bonds. The Morgan fingerprint density at radius 3 is 2.46 bits per heavy atom. The fourth-order valence-electron chi connectivity index (χ4n) is 3.33. The summed E-state index contributed by atoms with van der Waals surface area (Å²) in [4.78, 5) is 12.1. The summed E-state index contributed by atoms with van der Waals surface area (Å²) in [6, 6.07) is 3.83. The monoisotopic (exact) mass is 338 g/mol. The number of ether oxygens (including phenoxy) is 5. The van der Waals surface area contributed by atoms with E-state index in [-0.39, 0.29) is 31.4 Å². The molecule has 0 unspecified atom stereocenters. The Labute approximate surface area is 143 Å². The van der Waals surface area contributed by atoms with Crippen LogP contribution in [0.25, 0.3) is 0 Å². The Hall–Kier alpha value is -1.79. The van der Waals surface area contributed by atoms with Gasteiger partial charge < -0.3 is 23.7 Å². The Kier molecular flexibility index (Phi) is 6.87. The lowest BCUT2D eigenvalue weighted by molar-refractivity contribution is -0.145. The standard InChI is InChI=1S/C18H26O6/c1-12-8-13(23-10-20-2)9-16(17(12)24-11-21-3)14-6-5-7-15(14)18(19)22-4/h8-9,14-15H,5-7,10-11H2,1-4H3/t14-,15+/m0/s1. The van der Waals surface area contributed by atoms with E-state index in [1.807, 2.05) is 19.1 Å². The van der Waals surface area contributed by atoms with Crippen LogP contribution >= 0.6 is 0 Å². The van der Waals surface area contributed by atoms with Gasteiger partial charge in [-0.25, -0.2) is 0 Å². The molecule has 1 saturated carbocycles. The summed E-state index contributed by atoms with van der Waals surface area (Å²) in [5.74, 6) is 1.18. The van der Waals surface area contributed by atoms with Gasteiger partial charge in [0, 0.05) is 25.7 Å². The first-order valence-electron chi connectivity index (χ1n) is 8.08. The van der Waals surface area contributed by atoms with E-state index in [9.17, 15) is 4.79 Å². The van der Waals surface area contributed by atoms with Crippen molar-refractivity contribution in [1.29, 1.82) is 0 Å². The minimum atomic E-state index is -0.170. The van der Waals surface area contributed by atoms with Gasteiger partial charge in [-0.05, 0) is 37.5 Å². The lowest BCUT2D eigenvalue weighted by Crippen LogP contribution is -2.20. The second-order valence-corrected chi connectivity index (χ2v) is 5.93. The van der Waals surface area contributed by atoms with E-state index in [1.165, 1.54) is 7.11 Å². The molecule has 0 aliphatic heterocycles. The van der Waals surface area contributed by atoms with Gasteiger partial charge in [0.15, 0.2) is 13.6 Å². The molecule has 134 valence electrons. The van der Waals surface area contributed by atoms with Crippen molar-refractivity contribution in [1.82, 2.24) is 0 Å². The van der Waals surface area contributed by atoms with Crippen molar-refractivity contribution >= 4 is 5.97 Å². The highest BCUT2D eigenvalue weighted by Gasteiger charge is 2.37. The molecule has 0 heterocycles. The number of methoxy groups -OCH3 is 3. The molecule has 1 aromatic rings. The van der Waals surface area contributed by atoms with E-state index in [1.54, 1.807) is 14.2 Å². The summed E-state index contributed by atoms with van der Waals surface area (Å²) in [7, 11) is 4.59. The third-order valence-corrected chi connectivity index (χ3v) is 4.36. The van der Waals surface area contributed by atoms with Gasteiger partial charge in [0.1, 0.15) is 11.5 Å². The summed E-state index contributed by atoms with van der Waals surface area (Å²) in [6.07, 6.45) is 2.72. The molecule has 6 nitrogen and oxygen atoms in total. The third kappa shape index (κ3) is 4.19. The van der Waals surface area contributed by atoms with E-state index in [0.29, 0.717) is 5.75 Å². The normalized spacial score (nSPS) is 20.0. The summed E-state index contributed by atoms with van der Waals surface area (Å²) in [5.41, 5.74) is 1.90. The van der Waals surface area contributed by atoms with Gasteiger partial charge in [-0.15, -0.1) is 0 Å². The average Bonchev–Trinajstić information content (AvgIpc) is 3.07. The van der Waals surface area contributed by atoms with Crippen LogP contribution in [-0.4, -0.2) is 40.9 Å². The second-order valence-electron chi connectivity index (χ2n) is 5.93. The van der Waals surface area contributed by atoms with Crippen molar-refractivity contribution in [2.75, 3.05) is 34.9 Å². The fourth-order valence-corrected chi connectivity index (χ4v) is 3.33. The zero-order valence-electron chi connectivity index (χ0n) is 14.8. The van der Waals surface area contributed by atoms with Gasteiger partial charge in [0.25, 0.3) is 0 Å². The molecular weight excluding hydrogens is 312 g/mol. The van der Waals surface area contributed by atoms with Crippen LogP contribution in [0.15, 0.2) is 12.1 Å². The maximum absolute atomic E-state index is 12.1. The molecule has 1 aliphatic rings. The number of hydrogen-bond donors (Lipinski definition) is 0. The van der Waals surface area contributed by atoms with Gasteiger partial charge in [0.2, 0.25) is 0 Å². The first-order valence-corrected chi connectivity index (χ1v) is 8.08. The number of carbonyl (C=O) groups is 1. The Morgan fingerprint density at radius 1 is 1.08 bits per heavy atom. The number of hydrogen-bond acceptors (Lipinski definition) is 6. The van der Waals surface area contributed by atoms with Crippen LogP contribution in [0.5, 0.6) is 11.5 Å². The molecule has 2 atom stereocenters. The Balaban J connectivity index is 2.39. The first kappa shape index (κ1) is 18.5. The quantitative estimate of drug-likeness (QED) is 0.536. The predicted molar refractivity (Wildman–Crippen MR) is 88.3 cm³/mol. The highest BCUT2D eigenvalue weighted by Crippen LogP contribution is 2.46. The predicted octanol–water partition coefficient (Wildman–Crippen LogP) is 3.02. The Bertz CT molecular complexity index is 557. The maximum atomic E-state index is 12.1. The van der Waals surface area contributed by atoms with Crippen LogP contribution in [0, 0.1) is 12.8 Å². The molecule has 0 aromatic heterocycles. The molecule has 0 spiro atoms. The van der Waals surface area contributed by atoms with Crippen molar-refractivity contribution in [2.45, 2.75) is 32.1 Å². The minimum Gasteiger partial charge on any atom is -0.469 e. The van der Waals surface area contributed by atoms with E-state index in [4.69, 9.17) is 23.7 Å². The smallest absolute Gasteiger partial charge is 0.309 e. The molecule has 0 radical (unpaired) electrons. The van der Waals surface area contributed by atoms with Crippen molar-refractivity contribution in [3.63, 3.8) is 0 Å². The first-order chi connectivity index (χ1) is 11.6. The van der Waals surface area contributed by atoms with Crippen LogP contribution in [0.2, 0.25) is 0 Å². The van der Waals surface area contributed by atoms with Crippen LogP contribution in [-0.2, 0) is 19.0 Å². The van der Waals surface area contributed by atoms with Crippen molar-refractivity contribution in [3.05, 3.63) is 23.3 Å². The zero-order chi connectivity index (χ0) is 17.5. The number of aryl methyl sites for hydroxylation is 1. The van der Waals surface area contributed by atoms with Gasteiger partial charge in [0.05, 0.1) is 13.0 Å². The number of rotatable bonds is 8. The van der Waals surface area contributed by atoms with Gasteiger partial charge in [-0.2, -0.15) is 0 Å². The van der Waals surface area contributed by atoms with Gasteiger partial charge in [-0.1, -0.05) is 6.42 Å². The largest absolute Gasteiger partial charge is 0.469 e. The zero-order valence-corrected chi connectivity index (χ0v) is 14.8. The molecule has 2 rings (SSSR count). The fraction of sp³-hybridized carbons (Fsp3) is 0.611. The highest BCUT2D eigenvalue weighted by atomic mass is 16.7. The van der Waals surface area contributed by atoms with Crippen LogP contribution in [0.3, 0.4) is 0 Å². The van der Waals surface area contributed by atoms with E-state index in [2.05, 4.69) is 0 Å². The van der Waals surface area contributed by atoms with E-state index >= 15 is 0 Å². The maximum Gasteiger partial charge on any atom is 0.309 e. The molecule has 0 bridgehead atoms. The van der Waals surface area contributed by atoms with Crippen molar-refractivity contribution in [3.8, 4) is 11.5 Å². The number of carbonyl (C=O) groups excluding carboxylic acids is 1. The molecule has 1 aliphatic carbocycles. The summed E-state index contributed by atoms with van der Waals surface area (Å²) in [5, 5.41) is 0. The average molecular weight is 338 g/mol. The molecule has 0 N–H and O–H groups in total. The second kappa shape index (κ2) is 8.89. The van der Waals surface area contributed by atoms with Crippen molar-refractivity contribution in [2.24, 2.45) is 5.92 Å². The Morgan fingerprint density at radius 2 is 1.79 bits per heavy atom. The summed E-state index contributed by atoms with van der Waals surface area (Å²) < 4.78 is 26.4. The molecule has 24 heavy (non-hydrogen) atoms. The van der Waals surface area contributed by atoms with Gasteiger partial charge >= 0.3 is 5.97 Å². The van der Waals surface area contributed by atoms with Crippen LogP contribution in [0.4, 0.5) is 0 Å². The number of esters is 1. The summed E-state index contributed by atoms with van der Waals surface area (Å²) in [6.45, 7) is 2.28. The lowest BCUT2D eigenvalue weighted by atomic mass is 9.87. The number of benzene rings is 1. The van der Waals surface area contributed by atoms with E-state index in [0.717, 1.165) is 36.1 Å². The molecule has 1 fully saturated rings.